The number of hydrogen-bond acceptors (Lipinski definition) is 5. The topological polar surface area (TPSA) is 70.2 Å². The number of carbonyl (C=O) groups excluding carboxylic acids is 1. The molecular formula is C14H23N5O. The van der Waals surface area contributed by atoms with Crippen molar-refractivity contribution in [1.29, 1.82) is 0 Å². The molecule has 0 aromatic carbocycles. The van der Waals surface area contributed by atoms with E-state index in [-0.39, 0.29) is 5.91 Å². The van der Waals surface area contributed by atoms with Crippen LogP contribution < -0.4 is 15.5 Å². The molecule has 2 heterocycles. The molecule has 6 heteroatoms. The molecule has 0 bridgehead atoms. The molecule has 2 N–H and O–H groups in total. The van der Waals surface area contributed by atoms with Crippen LogP contribution in [0.15, 0.2) is 12.4 Å². The Labute approximate surface area is 120 Å². The lowest BCUT2D eigenvalue weighted by molar-refractivity contribution is -0.119. The molecule has 0 atom stereocenters. The molecule has 1 amide bonds. The number of nitrogens with one attached hydrogen (secondary N) is 2. The lowest BCUT2D eigenvalue weighted by Crippen LogP contribution is -2.38. The average Bonchev–Trinajstić information content (AvgIpc) is 2.46. The first-order valence-corrected chi connectivity index (χ1v) is 7.24. The normalized spacial score (nSPS) is 16.0. The second kappa shape index (κ2) is 7.07. The molecule has 0 saturated carbocycles. The zero-order valence-corrected chi connectivity index (χ0v) is 12.2. The fourth-order valence-corrected chi connectivity index (χ4v) is 2.45. The smallest absolute Gasteiger partial charge is 0.216 e. The van der Waals surface area contributed by atoms with Crippen molar-refractivity contribution in [2.75, 3.05) is 36.4 Å². The van der Waals surface area contributed by atoms with E-state index in [4.69, 9.17) is 0 Å². The van der Waals surface area contributed by atoms with Gasteiger partial charge in [-0.2, -0.15) is 0 Å². The highest BCUT2D eigenvalue weighted by Gasteiger charge is 2.20. The number of nitrogens with zero attached hydrogens (tertiary/aromatic N) is 3. The van der Waals surface area contributed by atoms with Crippen LogP contribution in [-0.2, 0) is 4.79 Å². The Balaban J connectivity index is 1.86. The Bertz CT molecular complexity index is 443. The van der Waals surface area contributed by atoms with Gasteiger partial charge in [0.15, 0.2) is 0 Å². The van der Waals surface area contributed by atoms with Gasteiger partial charge in [0.2, 0.25) is 5.91 Å². The van der Waals surface area contributed by atoms with Gasteiger partial charge in [0.05, 0.1) is 0 Å². The Hall–Kier alpha value is -1.85. The lowest BCUT2D eigenvalue weighted by Gasteiger charge is -2.32. The molecule has 0 unspecified atom stereocenters. The molecule has 1 saturated heterocycles. The van der Waals surface area contributed by atoms with Crippen LogP contribution in [0.4, 0.5) is 11.6 Å². The van der Waals surface area contributed by atoms with Crippen LogP contribution in [0.25, 0.3) is 0 Å². The Morgan fingerprint density at radius 1 is 1.40 bits per heavy atom. The van der Waals surface area contributed by atoms with E-state index in [1.54, 1.807) is 13.3 Å². The molecule has 2 rings (SSSR count). The minimum atomic E-state index is 0.0542. The van der Waals surface area contributed by atoms with Crippen LogP contribution in [0, 0.1) is 5.92 Å². The molecule has 1 aliphatic rings. The van der Waals surface area contributed by atoms with E-state index in [0.29, 0.717) is 5.92 Å². The molecule has 20 heavy (non-hydrogen) atoms. The molecule has 0 radical (unpaired) electrons. The summed E-state index contributed by atoms with van der Waals surface area (Å²) in [6.07, 6.45) is 3.78. The number of piperidine rings is 1. The largest absolute Gasteiger partial charge is 0.370 e. The number of aromatic nitrogens is 2. The van der Waals surface area contributed by atoms with Gasteiger partial charge in [-0.15, -0.1) is 0 Å². The van der Waals surface area contributed by atoms with Gasteiger partial charge in [-0.05, 0) is 25.7 Å². The molecule has 0 aliphatic carbocycles. The highest BCUT2D eigenvalue weighted by Crippen LogP contribution is 2.22. The van der Waals surface area contributed by atoms with Gasteiger partial charge < -0.3 is 15.5 Å². The molecule has 1 aromatic heterocycles. The third kappa shape index (κ3) is 4.08. The maximum atomic E-state index is 10.9. The summed E-state index contributed by atoms with van der Waals surface area (Å²) in [6, 6.07) is 2.00. The fourth-order valence-electron chi connectivity index (χ4n) is 2.45. The first-order valence-electron chi connectivity index (χ1n) is 7.24. The summed E-state index contributed by atoms with van der Waals surface area (Å²) in [7, 11) is 0. The maximum Gasteiger partial charge on any atom is 0.216 e. The molecule has 110 valence electrons. The number of rotatable bonds is 5. The number of hydrogen-bond donors (Lipinski definition) is 2. The summed E-state index contributed by atoms with van der Waals surface area (Å²) in [5.41, 5.74) is 0. The van der Waals surface area contributed by atoms with Crippen LogP contribution >= 0.6 is 0 Å². The van der Waals surface area contributed by atoms with Gasteiger partial charge in [0.25, 0.3) is 0 Å². The van der Waals surface area contributed by atoms with Crippen LogP contribution in [0.3, 0.4) is 0 Å². The minimum Gasteiger partial charge on any atom is -0.370 e. The molecular weight excluding hydrogens is 254 g/mol. The second-order valence-electron chi connectivity index (χ2n) is 5.16. The number of anilines is 2. The van der Waals surface area contributed by atoms with Crippen molar-refractivity contribution in [2.45, 2.75) is 26.7 Å². The van der Waals surface area contributed by atoms with E-state index < -0.39 is 0 Å². The predicted molar refractivity (Wildman–Crippen MR) is 79.8 cm³/mol. The fraction of sp³-hybridized carbons (Fsp3) is 0.643. The van der Waals surface area contributed by atoms with Crippen molar-refractivity contribution in [3.8, 4) is 0 Å². The predicted octanol–water partition coefficient (Wildman–Crippen LogP) is 1.26. The summed E-state index contributed by atoms with van der Waals surface area (Å²) < 4.78 is 0. The summed E-state index contributed by atoms with van der Waals surface area (Å²) in [4.78, 5) is 21.8. The molecule has 1 fully saturated rings. The summed E-state index contributed by atoms with van der Waals surface area (Å²) >= 11 is 0. The highest BCUT2D eigenvalue weighted by atomic mass is 16.1. The molecule has 1 aromatic rings. The molecule has 6 nitrogen and oxygen atoms in total. The third-order valence-corrected chi connectivity index (χ3v) is 3.59. The van der Waals surface area contributed by atoms with Gasteiger partial charge in [-0.25, -0.2) is 9.97 Å². The van der Waals surface area contributed by atoms with Crippen molar-refractivity contribution in [2.24, 2.45) is 5.92 Å². The van der Waals surface area contributed by atoms with Crippen LogP contribution in [0.1, 0.15) is 26.7 Å². The molecule has 1 aliphatic heterocycles. The Morgan fingerprint density at radius 3 is 2.80 bits per heavy atom. The minimum absolute atomic E-state index is 0.0542. The van der Waals surface area contributed by atoms with Gasteiger partial charge in [-0.3, -0.25) is 4.79 Å². The van der Waals surface area contributed by atoms with E-state index in [1.807, 2.05) is 6.07 Å². The highest BCUT2D eigenvalue weighted by molar-refractivity contribution is 5.72. The summed E-state index contributed by atoms with van der Waals surface area (Å²) in [6.45, 7) is 7.22. The van der Waals surface area contributed by atoms with Gasteiger partial charge in [0.1, 0.15) is 18.0 Å². The van der Waals surface area contributed by atoms with Crippen molar-refractivity contribution >= 4 is 17.5 Å². The second-order valence-corrected chi connectivity index (χ2v) is 5.16. The maximum absolute atomic E-state index is 10.9. The quantitative estimate of drug-likeness (QED) is 0.848. The standard InChI is InChI=1S/C14H23N5O/c1-3-15-13-8-14(18-10-17-13)19-6-4-12(5-7-19)9-16-11(2)20/h8,10,12H,3-7,9H2,1-2H3,(H,16,20)(H,15,17,18). The van der Waals surface area contributed by atoms with E-state index >= 15 is 0 Å². The first-order chi connectivity index (χ1) is 9.69. The number of amides is 1. The Kier molecular flexibility index (Phi) is 5.15. The average molecular weight is 277 g/mol. The monoisotopic (exact) mass is 277 g/mol. The van der Waals surface area contributed by atoms with E-state index in [9.17, 15) is 4.79 Å². The van der Waals surface area contributed by atoms with E-state index in [0.717, 1.165) is 50.7 Å². The van der Waals surface area contributed by atoms with Crippen molar-refractivity contribution in [3.05, 3.63) is 12.4 Å². The number of carbonyl (C=O) groups is 1. The lowest BCUT2D eigenvalue weighted by atomic mass is 9.97. The zero-order chi connectivity index (χ0) is 14.4. The van der Waals surface area contributed by atoms with Crippen molar-refractivity contribution < 1.29 is 4.79 Å². The van der Waals surface area contributed by atoms with Gasteiger partial charge >= 0.3 is 0 Å². The van der Waals surface area contributed by atoms with Gasteiger partial charge in [0, 0.05) is 39.2 Å². The first kappa shape index (κ1) is 14.6. The SMILES string of the molecule is CCNc1cc(N2CCC(CNC(C)=O)CC2)ncn1. The summed E-state index contributed by atoms with van der Waals surface area (Å²) in [5, 5.41) is 6.11. The zero-order valence-electron chi connectivity index (χ0n) is 12.2. The van der Waals surface area contributed by atoms with Crippen molar-refractivity contribution in [1.82, 2.24) is 15.3 Å². The summed E-state index contributed by atoms with van der Waals surface area (Å²) in [5.74, 6) is 2.48. The van der Waals surface area contributed by atoms with Crippen LogP contribution in [0.2, 0.25) is 0 Å². The Morgan fingerprint density at radius 2 is 2.15 bits per heavy atom. The van der Waals surface area contributed by atoms with E-state index in [1.165, 1.54) is 0 Å². The van der Waals surface area contributed by atoms with Crippen LogP contribution in [0.5, 0.6) is 0 Å². The third-order valence-electron chi connectivity index (χ3n) is 3.59. The van der Waals surface area contributed by atoms with Crippen molar-refractivity contribution in [3.63, 3.8) is 0 Å². The van der Waals surface area contributed by atoms with Gasteiger partial charge in [-0.1, -0.05) is 0 Å². The van der Waals surface area contributed by atoms with Crippen LogP contribution in [-0.4, -0.2) is 42.1 Å². The van der Waals surface area contributed by atoms with E-state index in [2.05, 4.69) is 32.4 Å². The molecule has 0 spiro atoms.